The quantitative estimate of drug-likeness (QED) is 0.509. The fourth-order valence-electron chi connectivity index (χ4n) is 10.2. The van der Waals surface area contributed by atoms with Gasteiger partial charge in [0.2, 0.25) is 0 Å². The molecule has 0 aromatic heterocycles. The van der Waals surface area contributed by atoms with Gasteiger partial charge in [0, 0.05) is 12.6 Å². The molecule has 174 valence electrons. The number of hydrogen-bond donors (Lipinski definition) is 1. The van der Waals surface area contributed by atoms with E-state index in [0.29, 0.717) is 16.9 Å². The van der Waals surface area contributed by atoms with Crippen molar-refractivity contribution in [1.29, 1.82) is 0 Å². The zero-order chi connectivity index (χ0) is 21.5. The standard InChI is InChI=1S/C28H45NO2/c1-17-5-8-24-18(2)26-25(31-16-29(24)15-17)14-23-21-7-6-19-13-20(30)9-11-27(19,3)22(21)10-12-28(23,26)4/h6,17-18,20-26,30H,5,7-16H2,1-4H3/t17-,18+,20-,21+,22-,23-,24-,25+,26-,27-,28-/m0/s1. The normalized spacial score (nSPS) is 56.9. The Hall–Kier alpha value is -0.380. The summed E-state index contributed by atoms with van der Waals surface area (Å²) in [6, 6.07) is 0.731. The van der Waals surface area contributed by atoms with Gasteiger partial charge >= 0.3 is 0 Å². The molecule has 6 aliphatic rings. The average molecular weight is 428 g/mol. The van der Waals surface area contributed by atoms with Crippen molar-refractivity contribution < 1.29 is 9.84 Å². The first kappa shape index (κ1) is 21.2. The first-order chi connectivity index (χ1) is 14.8. The van der Waals surface area contributed by atoms with E-state index in [2.05, 4.69) is 38.7 Å². The predicted octanol–water partition coefficient (Wildman–Crippen LogP) is 5.63. The molecule has 0 radical (unpaired) electrons. The minimum Gasteiger partial charge on any atom is -0.393 e. The van der Waals surface area contributed by atoms with Crippen molar-refractivity contribution in [2.24, 2.45) is 46.3 Å². The van der Waals surface area contributed by atoms with Crippen molar-refractivity contribution in [2.75, 3.05) is 13.3 Å². The van der Waals surface area contributed by atoms with Gasteiger partial charge in [0.05, 0.1) is 18.9 Å². The number of ether oxygens (including phenoxy) is 1. The van der Waals surface area contributed by atoms with Gasteiger partial charge in [0.15, 0.2) is 0 Å². The molecule has 3 heteroatoms. The second-order valence-corrected chi connectivity index (χ2v) is 13.2. The molecule has 2 saturated heterocycles. The third-order valence-electron chi connectivity index (χ3n) is 11.8. The maximum absolute atomic E-state index is 10.3. The van der Waals surface area contributed by atoms with Crippen molar-refractivity contribution >= 4 is 0 Å². The number of allylic oxidation sites excluding steroid dienone is 1. The number of aliphatic hydroxyl groups is 1. The van der Waals surface area contributed by atoms with Crippen LogP contribution >= 0.6 is 0 Å². The highest BCUT2D eigenvalue weighted by Gasteiger charge is 2.63. The highest BCUT2D eigenvalue weighted by atomic mass is 16.5. The molecule has 11 atom stereocenters. The van der Waals surface area contributed by atoms with Gasteiger partial charge in [0.25, 0.3) is 0 Å². The van der Waals surface area contributed by atoms with E-state index in [0.717, 1.165) is 61.1 Å². The largest absolute Gasteiger partial charge is 0.393 e. The van der Waals surface area contributed by atoms with E-state index in [1.165, 1.54) is 51.5 Å². The molecule has 0 spiro atoms. The SMILES string of the molecule is C[C@H]1CC[C@H]2[C@@H](C)[C@H]3[C@@H](C[C@H]4[C@@H]5CC=C6C[C@@H](O)CC[C@]6(C)[C@H]5CC[C@]34C)OCN2C1. The van der Waals surface area contributed by atoms with E-state index in [-0.39, 0.29) is 6.10 Å². The van der Waals surface area contributed by atoms with Gasteiger partial charge in [-0.15, -0.1) is 0 Å². The average Bonchev–Trinajstić information content (AvgIpc) is 2.96. The Morgan fingerprint density at radius 1 is 1.06 bits per heavy atom. The molecule has 1 N–H and O–H groups in total. The number of aliphatic hydroxyl groups excluding tert-OH is 1. The molecule has 6 rings (SSSR count). The van der Waals surface area contributed by atoms with E-state index in [4.69, 9.17) is 4.74 Å². The topological polar surface area (TPSA) is 32.7 Å². The minimum atomic E-state index is -0.0989. The Balaban J connectivity index is 1.30. The van der Waals surface area contributed by atoms with E-state index >= 15 is 0 Å². The van der Waals surface area contributed by atoms with Crippen molar-refractivity contribution in [3.8, 4) is 0 Å². The Kier molecular flexibility index (Phi) is 4.99. The summed E-state index contributed by atoms with van der Waals surface area (Å²) < 4.78 is 6.78. The van der Waals surface area contributed by atoms with Crippen LogP contribution in [0.1, 0.15) is 85.5 Å². The highest BCUT2D eigenvalue weighted by Crippen LogP contribution is 2.68. The van der Waals surface area contributed by atoms with Crippen LogP contribution in [0, 0.1) is 46.3 Å². The van der Waals surface area contributed by atoms with E-state index in [1.807, 2.05) is 0 Å². The van der Waals surface area contributed by atoms with Crippen molar-refractivity contribution in [3.63, 3.8) is 0 Å². The molecule has 0 amide bonds. The lowest BCUT2D eigenvalue weighted by molar-refractivity contribution is -0.0644. The van der Waals surface area contributed by atoms with Crippen LogP contribution in [0.5, 0.6) is 0 Å². The Morgan fingerprint density at radius 3 is 2.74 bits per heavy atom. The highest BCUT2D eigenvalue weighted by molar-refractivity contribution is 5.26. The molecule has 3 saturated carbocycles. The molecular formula is C28H45NO2. The van der Waals surface area contributed by atoms with Crippen molar-refractivity contribution in [3.05, 3.63) is 11.6 Å². The van der Waals surface area contributed by atoms with Gasteiger partial charge in [-0.1, -0.05) is 39.3 Å². The molecular weight excluding hydrogens is 382 g/mol. The first-order valence-electron chi connectivity index (χ1n) is 13.5. The number of nitrogens with zero attached hydrogens (tertiary/aromatic N) is 1. The van der Waals surface area contributed by atoms with Gasteiger partial charge in [-0.3, -0.25) is 4.90 Å². The summed E-state index contributed by atoms with van der Waals surface area (Å²) in [4.78, 5) is 2.70. The summed E-state index contributed by atoms with van der Waals surface area (Å²) in [6.45, 7) is 12.3. The second-order valence-electron chi connectivity index (χ2n) is 13.2. The third kappa shape index (κ3) is 3.01. The minimum absolute atomic E-state index is 0.0989. The zero-order valence-corrected chi connectivity index (χ0v) is 20.4. The van der Waals surface area contributed by atoms with Crippen LogP contribution in [0.4, 0.5) is 0 Å². The van der Waals surface area contributed by atoms with E-state index < -0.39 is 0 Å². The number of rotatable bonds is 0. The predicted molar refractivity (Wildman–Crippen MR) is 124 cm³/mol. The Bertz CT molecular complexity index is 749. The van der Waals surface area contributed by atoms with Crippen molar-refractivity contribution in [1.82, 2.24) is 4.90 Å². The first-order valence-corrected chi connectivity index (χ1v) is 13.5. The molecule has 0 aromatic rings. The summed E-state index contributed by atoms with van der Waals surface area (Å²) in [5, 5.41) is 10.3. The lowest BCUT2D eigenvalue weighted by Crippen LogP contribution is -2.53. The summed E-state index contributed by atoms with van der Waals surface area (Å²) in [5.41, 5.74) is 2.39. The van der Waals surface area contributed by atoms with Gasteiger partial charge in [-0.05, 0) is 104 Å². The lowest BCUT2D eigenvalue weighted by atomic mass is 9.47. The third-order valence-corrected chi connectivity index (χ3v) is 11.8. The smallest absolute Gasteiger partial charge is 0.0996 e. The molecule has 31 heavy (non-hydrogen) atoms. The molecule has 5 fully saturated rings. The second kappa shape index (κ2) is 7.31. The molecule has 3 nitrogen and oxygen atoms in total. The van der Waals surface area contributed by atoms with Crippen LogP contribution in [0.15, 0.2) is 11.6 Å². The maximum Gasteiger partial charge on any atom is 0.0996 e. The zero-order valence-electron chi connectivity index (χ0n) is 20.4. The molecule has 4 aliphatic carbocycles. The van der Waals surface area contributed by atoms with E-state index in [1.54, 1.807) is 5.57 Å². The molecule has 0 unspecified atom stereocenters. The van der Waals surface area contributed by atoms with Crippen LogP contribution in [-0.2, 0) is 4.74 Å². The van der Waals surface area contributed by atoms with Crippen LogP contribution in [0.25, 0.3) is 0 Å². The van der Waals surface area contributed by atoms with Crippen LogP contribution in [0.2, 0.25) is 0 Å². The van der Waals surface area contributed by atoms with Crippen LogP contribution in [0.3, 0.4) is 0 Å². The Morgan fingerprint density at radius 2 is 1.90 bits per heavy atom. The Labute approximate surface area is 190 Å². The van der Waals surface area contributed by atoms with Gasteiger partial charge < -0.3 is 9.84 Å². The monoisotopic (exact) mass is 427 g/mol. The lowest BCUT2D eigenvalue weighted by Gasteiger charge is -2.58. The van der Waals surface area contributed by atoms with Crippen LogP contribution in [-0.4, -0.2) is 41.5 Å². The van der Waals surface area contributed by atoms with Crippen molar-refractivity contribution in [2.45, 2.75) is 104 Å². The number of piperidine rings is 1. The van der Waals surface area contributed by atoms with Crippen LogP contribution < -0.4 is 0 Å². The van der Waals surface area contributed by atoms with Gasteiger partial charge in [-0.25, -0.2) is 0 Å². The van der Waals surface area contributed by atoms with E-state index in [9.17, 15) is 5.11 Å². The fraction of sp³-hybridized carbons (Fsp3) is 0.929. The summed E-state index contributed by atoms with van der Waals surface area (Å²) in [5.74, 6) is 4.77. The van der Waals surface area contributed by atoms with Gasteiger partial charge in [0.1, 0.15) is 0 Å². The molecule has 2 heterocycles. The maximum atomic E-state index is 10.3. The fourth-order valence-corrected chi connectivity index (χ4v) is 10.2. The number of fused-ring (bicyclic) bond motifs is 8. The summed E-state index contributed by atoms with van der Waals surface area (Å²) >= 11 is 0. The summed E-state index contributed by atoms with van der Waals surface area (Å²) in [6.07, 6.45) is 14.2. The van der Waals surface area contributed by atoms with Gasteiger partial charge in [-0.2, -0.15) is 0 Å². The molecule has 0 bridgehead atoms. The number of hydrogen-bond acceptors (Lipinski definition) is 3. The summed E-state index contributed by atoms with van der Waals surface area (Å²) in [7, 11) is 0. The molecule has 2 aliphatic heterocycles. The molecule has 0 aromatic carbocycles.